The third-order valence-electron chi connectivity index (χ3n) is 5.56. The molecular formula is C24H26BrN3O6S2. The maximum absolute atomic E-state index is 13.1. The predicted octanol–water partition coefficient (Wildman–Crippen LogP) is 3.57. The van der Waals surface area contributed by atoms with E-state index in [-0.39, 0.29) is 48.9 Å². The molecule has 4 rings (SSSR count). The van der Waals surface area contributed by atoms with Crippen LogP contribution in [-0.4, -0.2) is 61.1 Å². The van der Waals surface area contributed by atoms with Crippen LogP contribution in [0.15, 0.2) is 56.8 Å². The van der Waals surface area contributed by atoms with Crippen LogP contribution in [-0.2, 0) is 30.8 Å². The van der Waals surface area contributed by atoms with Gasteiger partial charge in [0, 0.05) is 23.1 Å². The van der Waals surface area contributed by atoms with Gasteiger partial charge in [0.1, 0.15) is 6.54 Å². The number of amides is 1. The zero-order valence-corrected chi connectivity index (χ0v) is 23.2. The summed E-state index contributed by atoms with van der Waals surface area (Å²) >= 11 is 4.71. The lowest BCUT2D eigenvalue weighted by atomic mass is 10.2. The zero-order chi connectivity index (χ0) is 26.0. The van der Waals surface area contributed by atoms with Crippen molar-refractivity contribution in [2.24, 2.45) is 4.99 Å². The lowest BCUT2D eigenvalue weighted by Crippen LogP contribution is -2.48. The molecule has 2 aromatic carbocycles. The van der Waals surface area contributed by atoms with Gasteiger partial charge in [0.2, 0.25) is 10.0 Å². The van der Waals surface area contributed by atoms with Gasteiger partial charge in [-0.15, -0.1) is 0 Å². The van der Waals surface area contributed by atoms with Crippen molar-refractivity contribution in [2.45, 2.75) is 44.4 Å². The van der Waals surface area contributed by atoms with E-state index in [0.717, 1.165) is 14.7 Å². The van der Waals surface area contributed by atoms with E-state index in [1.807, 2.05) is 32.0 Å². The molecule has 0 saturated carbocycles. The summed E-state index contributed by atoms with van der Waals surface area (Å²) in [5.74, 6) is -0.980. The summed E-state index contributed by atoms with van der Waals surface area (Å²) in [6, 6.07) is 11.3. The molecule has 192 valence electrons. The fraction of sp³-hybridized carbons (Fsp3) is 0.375. The van der Waals surface area contributed by atoms with Crippen molar-refractivity contribution in [2.75, 3.05) is 19.7 Å². The number of esters is 1. The fourth-order valence-corrected chi connectivity index (χ4v) is 7.19. The van der Waals surface area contributed by atoms with Crippen LogP contribution in [0.2, 0.25) is 0 Å². The Hall–Kier alpha value is -2.38. The van der Waals surface area contributed by atoms with Crippen molar-refractivity contribution in [1.82, 2.24) is 8.87 Å². The van der Waals surface area contributed by atoms with Crippen LogP contribution in [0.5, 0.6) is 0 Å². The molecular weight excluding hydrogens is 570 g/mol. The molecule has 0 bridgehead atoms. The second kappa shape index (κ2) is 10.9. The van der Waals surface area contributed by atoms with Crippen molar-refractivity contribution >= 4 is 59.4 Å². The third-order valence-corrected chi connectivity index (χ3v) is 8.94. The number of hydrogen-bond acceptors (Lipinski definition) is 7. The number of morpholine rings is 1. The van der Waals surface area contributed by atoms with E-state index < -0.39 is 21.9 Å². The number of fused-ring (bicyclic) bond motifs is 1. The number of carbonyl (C=O) groups excluding carboxylic acids is 2. The van der Waals surface area contributed by atoms with Gasteiger partial charge in [0.15, 0.2) is 4.80 Å². The van der Waals surface area contributed by atoms with E-state index >= 15 is 0 Å². The summed E-state index contributed by atoms with van der Waals surface area (Å²) in [4.78, 5) is 29.9. The smallest absolute Gasteiger partial charge is 0.326 e. The molecule has 9 nitrogen and oxygen atoms in total. The number of sulfonamides is 1. The largest absolute Gasteiger partial charge is 0.465 e. The van der Waals surface area contributed by atoms with E-state index in [9.17, 15) is 18.0 Å². The molecule has 3 aromatic rings. The highest BCUT2D eigenvalue weighted by molar-refractivity contribution is 9.10. The van der Waals surface area contributed by atoms with Gasteiger partial charge in [-0.05, 0) is 63.2 Å². The highest BCUT2D eigenvalue weighted by Gasteiger charge is 2.32. The minimum absolute atomic E-state index is 0.0881. The Labute approximate surface area is 221 Å². The Bertz CT molecular complexity index is 1450. The number of aromatic nitrogens is 1. The molecule has 2 heterocycles. The van der Waals surface area contributed by atoms with Crippen LogP contribution in [0.4, 0.5) is 0 Å². The van der Waals surface area contributed by atoms with Gasteiger partial charge in [-0.3, -0.25) is 9.59 Å². The average Bonchev–Trinajstić information content (AvgIpc) is 3.14. The van der Waals surface area contributed by atoms with E-state index in [4.69, 9.17) is 9.47 Å². The monoisotopic (exact) mass is 595 g/mol. The summed E-state index contributed by atoms with van der Waals surface area (Å²) in [6.45, 7) is 6.09. The molecule has 1 fully saturated rings. The normalized spacial score (nSPS) is 19.5. The summed E-state index contributed by atoms with van der Waals surface area (Å²) in [7, 11) is -3.72. The molecule has 0 aliphatic carbocycles. The lowest BCUT2D eigenvalue weighted by Gasteiger charge is -2.34. The first-order chi connectivity index (χ1) is 17.1. The predicted molar refractivity (Wildman–Crippen MR) is 139 cm³/mol. The highest BCUT2D eigenvalue weighted by Crippen LogP contribution is 2.24. The first-order valence-electron chi connectivity index (χ1n) is 11.4. The summed E-state index contributed by atoms with van der Waals surface area (Å²) < 4.78 is 41.6. The SMILES string of the molecule is CCOC(=O)Cn1c(=NC(=O)c2ccc(S(=O)(=O)N3CC(C)OC(C)C3)cc2)sc2cc(Br)ccc21. The third kappa shape index (κ3) is 5.78. The van der Waals surface area contributed by atoms with Gasteiger partial charge in [-0.1, -0.05) is 27.3 Å². The molecule has 2 unspecified atom stereocenters. The van der Waals surface area contributed by atoms with Gasteiger partial charge in [-0.25, -0.2) is 8.42 Å². The van der Waals surface area contributed by atoms with Gasteiger partial charge in [-0.2, -0.15) is 9.30 Å². The standard InChI is InChI=1S/C24H26BrN3O6S2/c1-4-33-22(29)14-28-20-10-7-18(25)11-21(20)35-24(28)26-23(30)17-5-8-19(9-6-17)36(31,32)27-12-15(2)34-16(3)13-27/h5-11,15-16H,4,12-14H2,1-3H3. The average molecular weight is 597 g/mol. The van der Waals surface area contributed by atoms with Crippen LogP contribution >= 0.6 is 27.3 Å². The molecule has 1 aliphatic heterocycles. The first kappa shape index (κ1) is 26.7. The molecule has 0 N–H and O–H groups in total. The summed E-state index contributed by atoms with van der Waals surface area (Å²) in [5.41, 5.74) is 0.984. The van der Waals surface area contributed by atoms with Gasteiger partial charge in [0.25, 0.3) is 5.91 Å². The molecule has 2 atom stereocenters. The van der Waals surface area contributed by atoms with E-state index in [0.29, 0.717) is 4.80 Å². The van der Waals surface area contributed by atoms with E-state index in [2.05, 4.69) is 20.9 Å². The minimum atomic E-state index is -3.72. The number of ether oxygens (including phenoxy) is 2. The molecule has 36 heavy (non-hydrogen) atoms. The van der Waals surface area contributed by atoms with Crippen LogP contribution in [0.25, 0.3) is 10.2 Å². The van der Waals surface area contributed by atoms with E-state index in [1.54, 1.807) is 11.5 Å². The molecule has 0 radical (unpaired) electrons. The second-order valence-corrected chi connectivity index (χ2v) is 12.3. The quantitative estimate of drug-likeness (QED) is 0.403. The summed E-state index contributed by atoms with van der Waals surface area (Å²) in [5, 5.41) is 0. The molecule has 1 amide bonds. The topological polar surface area (TPSA) is 107 Å². The fourth-order valence-electron chi connectivity index (χ4n) is 4.02. The second-order valence-electron chi connectivity index (χ2n) is 8.41. The van der Waals surface area contributed by atoms with Gasteiger partial charge in [0.05, 0.1) is 33.9 Å². The number of thiazole rings is 1. The van der Waals surface area contributed by atoms with Gasteiger partial charge >= 0.3 is 5.97 Å². The number of rotatable bonds is 6. The van der Waals surface area contributed by atoms with Crippen LogP contribution in [0.1, 0.15) is 31.1 Å². The number of hydrogen-bond donors (Lipinski definition) is 0. The van der Waals surface area contributed by atoms with Crippen molar-refractivity contribution in [1.29, 1.82) is 0 Å². The van der Waals surface area contributed by atoms with Crippen LogP contribution < -0.4 is 4.80 Å². The number of benzene rings is 2. The Balaban J connectivity index is 1.64. The maximum Gasteiger partial charge on any atom is 0.326 e. The maximum atomic E-state index is 13.1. The minimum Gasteiger partial charge on any atom is -0.465 e. The Morgan fingerprint density at radius 3 is 2.44 bits per heavy atom. The van der Waals surface area contributed by atoms with Crippen LogP contribution in [0.3, 0.4) is 0 Å². The highest BCUT2D eigenvalue weighted by atomic mass is 79.9. The molecule has 1 saturated heterocycles. The van der Waals surface area contributed by atoms with Crippen molar-refractivity contribution in [3.05, 3.63) is 57.3 Å². The first-order valence-corrected chi connectivity index (χ1v) is 14.4. The van der Waals surface area contributed by atoms with Gasteiger partial charge < -0.3 is 14.0 Å². The van der Waals surface area contributed by atoms with Crippen molar-refractivity contribution in [3.63, 3.8) is 0 Å². The molecule has 1 aliphatic rings. The van der Waals surface area contributed by atoms with Crippen LogP contribution in [0, 0.1) is 0 Å². The lowest BCUT2D eigenvalue weighted by molar-refractivity contribution is -0.143. The number of nitrogens with zero attached hydrogens (tertiary/aromatic N) is 3. The Morgan fingerprint density at radius 2 is 1.81 bits per heavy atom. The molecule has 1 aromatic heterocycles. The van der Waals surface area contributed by atoms with E-state index in [1.165, 1.54) is 39.9 Å². The molecule has 12 heteroatoms. The molecule has 0 spiro atoms. The Morgan fingerprint density at radius 1 is 1.14 bits per heavy atom. The number of halogens is 1. The zero-order valence-electron chi connectivity index (χ0n) is 20.0. The van der Waals surface area contributed by atoms with Crippen molar-refractivity contribution < 1.29 is 27.5 Å². The van der Waals surface area contributed by atoms with Crippen molar-refractivity contribution in [3.8, 4) is 0 Å². The summed E-state index contributed by atoms with van der Waals surface area (Å²) in [6.07, 6.45) is -0.405. The number of carbonyl (C=O) groups is 2. The Kier molecular flexibility index (Phi) is 8.10.